The first-order chi connectivity index (χ1) is 32.7. The zero-order valence-corrected chi connectivity index (χ0v) is 41.1. The van der Waals surface area contributed by atoms with Crippen LogP contribution in [0.2, 0.25) is 0 Å². The standard InChI is InChI=1S/C49H55BrN11O6P/c1-57-27-33(25-52-57)36-23-39(54-49-51-26-37(50)45(56-49)53-38-10-7-31(29-5-6-29)22-43(38)68(3,4)66)42(67-2)24-41(36)59-15-13-30(14-16-59)47(64)60-19-17-58(18-20-60)34-8-9-35-32(21-34)28-61(48(35)65)40-11-12-44(62)55-46(40)63/h7-10,21-27,29-30,40H,5-6,11-20,28H2,1-4H3,(H,55,62,63)(H2,51,53,54,56). The maximum absolute atomic E-state index is 14.0. The number of hydrogen-bond acceptors (Lipinski definition) is 13. The maximum Gasteiger partial charge on any atom is 0.255 e. The van der Waals surface area contributed by atoms with Crippen LogP contribution in [0, 0.1) is 5.92 Å². The lowest BCUT2D eigenvalue weighted by molar-refractivity contribution is -0.137. The number of aryl methyl sites for hydroxylation is 1. The van der Waals surface area contributed by atoms with E-state index in [4.69, 9.17) is 9.72 Å². The molecule has 3 saturated heterocycles. The zero-order chi connectivity index (χ0) is 47.4. The highest BCUT2D eigenvalue weighted by atomic mass is 79.9. The SMILES string of the molecule is COc1cc(N2CCC(C(=O)N3CCN(c4ccc5c(c4)CN(C4CCC(=O)NC4=O)C5=O)CC3)CC2)c(-c2cnn(C)c2)cc1Nc1ncc(Br)c(Nc2ccc(C3CC3)cc2P(C)(C)=O)n1. The number of ether oxygens (including phenoxy) is 1. The summed E-state index contributed by atoms with van der Waals surface area (Å²) < 4.78 is 21.9. The van der Waals surface area contributed by atoms with Gasteiger partial charge in [0.05, 0.1) is 29.2 Å². The lowest BCUT2D eigenvalue weighted by Crippen LogP contribution is -2.52. The van der Waals surface area contributed by atoms with Crippen LogP contribution >= 0.6 is 23.1 Å². The predicted octanol–water partition coefficient (Wildman–Crippen LogP) is 6.59. The Morgan fingerprint density at radius 3 is 2.34 bits per heavy atom. The summed E-state index contributed by atoms with van der Waals surface area (Å²) in [5.74, 6) is 1.17. The summed E-state index contributed by atoms with van der Waals surface area (Å²) in [5.41, 5.74) is 7.92. The topological polar surface area (TPSA) is 187 Å². The molecule has 0 radical (unpaired) electrons. The van der Waals surface area contributed by atoms with E-state index < -0.39 is 19.1 Å². The van der Waals surface area contributed by atoms with Crippen molar-refractivity contribution in [1.29, 1.82) is 0 Å². The van der Waals surface area contributed by atoms with Crippen molar-refractivity contribution in [3.63, 3.8) is 0 Å². The molecule has 2 aromatic heterocycles. The van der Waals surface area contributed by atoms with Crippen LogP contribution in [-0.2, 0) is 32.5 Å². The molecule has 1 unspecified atom stereocenters. The molecule has 5 aromatic rings. The van der Waals surface area contributed by atoms with Crippen LogP contribution in [0.4, 0.5) is 34.5 Å². The molecule has 4 amide bonds. The molecule has 6 heterocycles. The monoisotopic (exact) mass is 1000 g/mol. The number of halogens is 1. The highest BCUT2D eigenvalue weighted by molar-refractivity contribution is 9.10. The third-order valence-electron chi connectivity index (χ3n) is 13.9. The highest BCUT2D eigenvalue weighted by Crippen LogP contribution is 2.45. The second kappa shape index (κ2) is 18.3. The van der Waals surface area contributed by atoms with Crippen LogP contribution in [0.3, 0.4) is 0 Å². The summed E-state index contributed by atoms with van der Waals surface area (Å²) in [6, 6.07) is 15.4. The fourth-order valence-corrected chi connectivity index (χ4v) is 11.5. The Morgan fingerprint density at radius 1 is 0.868 bits per heavy atom. The number of carbonyl (C=O) groups excluding carboxylic acids is 4. The van der Waals surface area contributed by atoms with Gasteiger partial charge in [0.25, 0.3) is 5.91 Å². The molecule has 10 rings (SSSR count). The average Bonchev–Trinajstić information content (AvgIpc) is 4.02. The number of benzene rings is 3. The fourth-order valence-electron chi connectivity index (χ4n) is 9.99. The number of nitrogens with one attached hydrogen (secondary N) is 3. The Balaban J connectivity index is 0.800. The van der Waals surface area contributed by atoms with Crippen molar-refractivity contribution in [2.45, 2.75) is 57.0 Å². The van der Waals surface area contributed by atoms with Gasteiger partial charge in [0.15, 0.2) is 0 Å². The van der Waals surface area contributed by atoms with Gasteiger partial charge in [-0.1, -0.05) is 6.07 Å². The number of piperazine rings is 1. The van der Waals surface area contributed by atoms with Gasteiger partial charge in [-0.05, 0) is 115 Å². The number of nitrogens with zero attached hydrogens (tertiary/aromatic N) is 8. The number of methoxy groups -OCH3 is 1. The normalized spacial score (nSPS) is 19.0. The molecule has 354 valence electrons. The van der Waals surface area contributed by atoms with Gasteiger partial charge in [0.2, 0.25) is 23.7 Å². The Kier molecular flexibility index (Phi) is 12.3. The Morgan fingerprint density at radius 2 is 1.65 bits per heavy atom. The van der Waals surface area contributed by atoms with E-state index in [0.717, 1.165) is 51.9 Å². The van der Waals surface area contributed by atoms with Gasteiger partial charge in [0, 0.05) is 117 Å². The first kappa shape index (κ1) is 45.5. The van der Waals surface area contributed by atoms with Crippen molar-refractivity contribution in [3.05, 3.63) is 88.3 Å². The minimum Gasteiger partial charge on any atom is -0.494 e. The van der Waals surface area contributed by atoms with Gasteiger partial charge in [-0.3, -0.25) is 29.2 Å². The van der Waals surface area contributed by atoms with Crippen LogP contribution in [0.5, 0.6) is 5.75 Å². The number of piperidine rings is 2. The molecular formula is C49H55BrN11O6P. The summed E-state index contributed by atoms with van der Waals surface area (Å²) in [6.45, 7) is 7.81. The molecule has 68 heavy (non-hydrogen) atoms. The molecule has 19 heteroatoms. The minimum absolute atomic E-state index is 0.0992. The number of rotatable bonds is 12. The molecule has 0 bridgehead atoms. The molecule has 4 aliphatic heterocycles. The van der Waals surface area contributed by atoms with Crippen LogP contribution in [0.15, 0.2) is 71.6 Å². The number of anilines is 6. The molecule has 3 aromatic carbocycles. The third-order valence-corrected chi connectivity index (χ3v) is 16.0. The molecule has 1 atom stereocenters. The minimum atomic E-state index is -2.62. The van der Waals surface area contributed by atoms with Crippen molar-refractivity contribution < 1.29 is 28.5 Å². The number of amides is 4. The second-order valence-electron chi connectivity index (χ2n) is 18.8. The summed E-state index contributed by atoms with van der Waals surface area (Å²) >= 11 is 3.62. The van der Waals surface area contributed by atoms with Gasteiger partial charge in [-0.25, -0.2) is 4.98 Å². The Bertz CT molecular complexity index is 2880. The fraction of sp³-hybridized carbons (Fsp3) is 0.408. The molecule has 17 nitrogen and oxygen atoms in total. The predicted molar refractivity (Wildman–Crippen MR) is 265 cm³/mol. The van der Waals surface area contributed by atoms with E-state index in [0.29, 0.717) is 104 Å². The van der Waals surface area contributed by atoms with Crippen LogP contribution in [-0.4, -0.2) is 119 Å². The zero-order valence-electron chi connectivity index (χ0n) is 38.6. The molecule has 1 saturated carbocycles. The first-order valence-corrected chi connectivity index (χ1v) is 26.6. The van der Waals surface area contributed by atoms with Gasteiger partial charge in [0.1, 0.15) is 24.8 Å². The maximum atomic E-state index is 14.0. The Labute approximate surface area is 403 Å². The van der Waals surface area contributed by atoms with E-state index >= 15 is 0 Å². The number of aromatic nitrogens is 4. The number of fused-ring (bicyclic) bond motifs is 1. The lowest BCUT2D eigenvalue weighted by atomic mass is 9.93. The van der Waals surface area contributed by atoms with Crippen molar-refractivity contribution in [3.8, 4) is 16.9 Å². The van der Waals surface area contributed by atoms with E-state index in [1.54, 1.807) is 36.2 Å². The Hall–Kier alpha value is -6.26. The summed E-state index contributed by atoms with van der Waals surface area (Å²) in [6.07, 6.45) is 9.77. The molecule has 3 N–H and O–H groups in total. The van der Waals surface area contributed by atoms with Gasteiger partial charge >= 0.3 is 0 Å². The highest BCUT2D eigenvalue weighted by Gasteiger charge is 2.40. The van der Waals surface area contributed by atoms with Crippen LogP contribution < -0.4 is 35.8 Å². The summed E-state index contributed by atoms with van der Waals surface area (Å²) in [5, 5.41) is 14.5. The van der Waals surface area contributed by atoms with Crippen LogP contribution in [0.1, 0.15) is 65.9 Å². The number of carbonyl (C=O) groups is 4. The quantitative estimate of drug-likeness (QED) is 0.0899. The largest absolute Gasteiger partial charge is 0.494 e. The van der Waals surface area contributed by atoms with Crippen LogP contribution in [0.25, 0.3) is 11.1 Å². The summed E-state index contributed by atoms with van der Waals surface area (Å²) in [4.78, 5) is 69.1. The first-order valence-electron chi connectivity index (χ1n) is 23.2. The molecule has 0 spiro atoms. The van der Waals surface area contributed by atoms with E-state index in [1.807, 2.05) is 60.7 Å². The van der Waals surface area contributed by atoms with Crippen molar-refractivity contribution in [2.75, 3.05) is 80.1 Å². The van der Waals surface area contributed by atoms with E-state index in [-0.39, 0.29) is 30.1 Å². The van der Waals surface area contributed by atoms with Crippen molar-refractivity contribution >= 4 is 86.5 Å². The number of imide groups is 1. The van der Waals surface area contributed by atoms with E-state index in [2.05, 4.69) is 63.9 Å². The second-order valence-corrected chi connectivity index (χ2v) is 22.9. The van der Waals surface area contributed by atoms with Crippen molar-refractivity contribution in [1.82, 2.24) is 34.9 Å². The third kappa shape index (κ3) is 9.19. The number of hydrogen-bond donors (Lipinski definition) is 3. The molecule has 4 fully saturated rings. The van der Waals surface area contributed by atoms with Crippen molar-refractivity contribution in [2.24, 2.45) is 13.0 Å². The van der Waals surface area contributed by atoms with Gasteiger partial charge < -0.3 is 39.5 Å². The van der Waals surface area contributed by atoms with Gasteiger partial charge in [-0.15, -0.1) is 0 Å². The van der Waals surface area contributed by atoms with E-state index in [1.165, 1.54) is 5.56 Å². The smallest absolute Gasteiger partial charge is 0.255 e. The average molecular weight is 1000 g/mol. The molecule has 5 aliphatic rings. The molecule has 1 aliphatic carbocycles. The van der Waals surface area contributed by atoms with Gasteiger partial charge in [-0.2, -0.15) is 10.1 Å². The lowest BCUT2D eigenvalue weighted by Gasteiger charge is -2.40. The van der Waals surface area contributed by atoms with E-state index in [9.17, 15) is 23.7 Å². The summed E-state index contributed by atoms with van der Waals surface area (Å²) in [7, 11) is 0.909. The molecular weight excluding hydrogens is 949 g/mol.